The third-order valence-electron chi connectivity index (χ3n) is 4.56. The SMILES string of the molecule is CCC(Oc1ccccc1C)C(=O)NC(CC)c1ccc(OC)c(OC)c1. The van der Waals surface area contributed by atoms with Gasteiger partial charge < -0.3 is 19.5 Å². The summed E-state index contributed by atoms with van der Waals surface area (Å²) in [5, 5.41) is 3.10. The van der Waals surface area contributed by atoms with Gasteiger partial charge in [0.2, 0.25) is 0 Å². The molecule has 5 heteroatoms. The van der Waals surface area contributed by atoms with Crippen molar-refractivity contribution >= 4 is 5.91 Å². The van der Waals surface area contributed by atoms with Gasteiger partial charge in [-0.2, -0.15) is 0 Å². The maximum Gasteiger partial charge on any atom is 0.261 e. The molecule has 1 amide bonds. The maximum atomic E-state index is 12.8. The molecule has 0 heterocycles. The largest absolute Gasteiger partial charge is 0.493 e. The van der Waals surface area contributed by atoms with Crippen LogP contribution in [-0.2, 0) is 4.79 Å². The van der Waals surface area contributed by atoms with Gasteiger partial charge in [0.05, 0.1) is 20.3 Å². The van der Waals surface area contributed by atoms with Crippen molar-refractivity contribution in [1.82, 2.24) is 5.32 Å². The van der Waals surface area contributed by atoms with Gasteiger partial charge in [-0.05, 0) is 49.1 Å². The predicted molar refractivity (Wildman–Crippen MR) is 107 cm³/mol. The normalized spacial score (nSPS) is 12.8. The number of amides is 1. The molecule has 0 aliphatic heterocycles. The molecule has 2 aromatic rings. The molecular formula is C22H29NO4. The van der Waals surface area contributed by atoms with E-state index in [9.17, 15) is 4.79 Å². The summed E-state index contributed by atoms with van der Waals surface area (Å²) >= 11 is 0. The number of benzene rings is 2. The van der Waals surface area contributed by atoms with Crippen LogP contribution in [0, 0.1) is 6.92 Å². The summed E-state index contributed by atoms with van der Waals surface area (Å²) in [5.74, 6) is 1.92. The van der Waals surface area contributed by atoms with Gasteiger partial charge in [-0.25, -0.2) is 0 Å². The zero-order chi connectivity index (χ0) is 19.8. The molecule has 0 spiro atoms. The number of nitrogens with one attached hydrogen (secondary N) is 1. The summed E-state index contributed by atoms with van der Waals surface area (Å²) in [6.07, 6.45) is 0.796. The van der Waals surface area contributed by atoms with Crippen LogP contribution in [0.15, 0.2) is 42.5 Å². The van der Waals surface area contributed by atoms with Crippen molar-refractivity contribution in [2.45, 2.75) is 45.8 Å². The second-order valence-corrected chi connectivity index (χ2v) is 6.36. The van der Waals surface area contributed by atoms with Crippen LogP contribution in [0.4, 0.5) is 0 Å². The van der Waals surface area contributed by atoms with Gasteiger partial charge in [0.15, 0.2) is 17.6 Å². The molecule has 1 N–H and O–H groups in total. The van der Waals surface area contributed by atoms with E-state index >= 15 is 0 Å². The summed E-state index contributed by atoms with van der Waals surface area (Å²) in [7, 11) is 3.20. The summed E-state index contributed by atoms with van der Waals surface area (Å²) in [5.41, 5.74) is 1.98. The number of aryl methyl sites for hydroxylation is 1. The van der Waals surface area contributed by atoms with Crippen molar-refractivity contribution < 1.29 is 19.0 Å². The predicted octanol–water partition coefficient (Wildman–Crippen LogP) is 4.44. The lowest BCUT2D eigenvalue weighted by atomic mass is 10.0. The van der Waals surface area contributed by atoms with Crippen LogP contribution < -0.4 is 19.5 Å². The molecule has 0 fully saturated rings. The van der Waals surface area contributed by atoms with Gasteiger partial charge in [0.25, 0.3) is 5.91 Å². The van der Waals surface area contributed by atoms with Crippen LogP contribution >= 0.6 is 0 Å². The van der Waals surface area contributed by atoms with Crippen LogP contribution in [0.3, 0.4) is 0 Å². The Labute approximate surface area is 161 Å². The van der Waals surface area contributed by atoms with E-state index in [1.54, 1.807) is 14.2 Å². The molecule has 0 saturated carbocycles. The fraction of sp³-hybridized carbons (Fsp3) is 0.409. The van der Waals surface area contributed by atoms with E-state index in [0.717, 1.165) is 23.3 Å². The average Bonchev–Trinajstić information content (AvgIpc) is 2.70. The number of hydrogen-bond acceptors (Lipinski definition) is 4. The van der Waals surface area contributed by atoms with Crippen LogP contribution in [0.2, 0.25) is 0 Å². The summed E-state index contributed by atoms with van der Waals surface area (Å²) in [4.78, 5) is 12.8. The Morgan fingerprint density at radius 3 is 2.26 bits per heavy atom. The number of carbonyl (C=O) groups is 1. The minimum atomic E-state index is -0.541. The molecule has 27 heavy (non-hydrogen) atoms. The number of ether oxygens (including phenoxy) is 3. The molecule has 2 unspecified atom stereocenters. The number of para-hydroxylation sites is 1. The first-order valence-electron chi connectivity index (χ1n) is 9.28. The molecule has 0 radical (unpaired) electrons. The van der Waals surface area contributed by atoms with E-state index in [0.29, 0.717) is 17.9 Å². The number of rotatable bonds is 9. The Morgan fingerprint density at radius 2 is 1.67 bits per heavy atom. The zero-order valence-electron chi connectivity index (χ0n) is 16.7. The maximum absolute atomic E-state index is 12.8. The average molecular weight is 371 g/mol. The van der Waals surface area contributed by atoms with Crippen molar-refractivity contribution in [1.29, 1.82) is 0 Å². The highest BCUT2D eigenvalue weighted by atomic mass is 16.5. The van der Waals surface area contributed by atoms with Crippen molar-refractivity contribution in [3.05, 3.63) is 53.6 Å². The number of carbonyl (C=O) groups excluding carboxylic acids is 1. The molecular weight excluding hydrogens is 342 g/mol. The first kappa shape index (κ1) is 20.6. The monoisotopic (exact) mass is 371 g/mol. The van der Waals surface area contributed by atoms with E-state index in [2.05, 4.69) is 5.32 Å². The van der Waals surface area contributed by atoms with Crippen LogP contribution in [-0.4, -0.2) is 26.2 Å². The van der Waals surface area contributed by atoms with Crippen LogP contribution in [0.5, 0.6) is 17.2 Å². The van der Waals surface area contributed by atoms with Gasteiger partial charge in [0, 0.05) is 0 Å². The molecule has 0 saturated heterocycles. The summed E-state index contributed by atoms with van der Waals surface area (Å²) < 4.78 is 16.6. The standard InChI is InChI=1S/C22H29NO4/c1-6-17(16-12-13-20(25-4)21(14-16)26-5)23-22(24)18(7-2)27-19-11-9-8-10-15(19)3/h8-14,17-18H,6-7H2,1-5H3,(H,23,24). The molecule has 0 aromatic heterocycles. The smallest absolute Gasteiger partial charge is 0.261 e. The summed E-state index contributed by atoms with van der Waals surface area (Å²) in [6, 6.07) is 13.3. The van der Waals surface area contributed by atoms with E-state index in [1.165, 1.54) is 0 Å². The molecule has 2 rings (SSSR count). The van der Waals surface area contributed by atoms with Crippen molar-refractivity contribution in [3.8, 4) is 17.2 Å². The Balaban J connectivity index is 2.14. The molecule has 2 aromatic carbocycles. The van der Waals surface area contributed by atoms with E-state index in [1.807, 2.05) is 63.2 Å². The number of hydrogen-bond donors (Lipinski definition) is 1. The molecule has 0 bridgehead atoms. The van der Waals surface area contributed by atoms with Crippen molar-refractivity contribution in [2.24, 2.45) is 0 Å². The van der Waals surface area contributed by atoms with Gasteiger partial charge in [-0.1, -0.05) is 38.1 Å². The van der Waals surface area contributed by atoms with Gasteiger partial charge in [0.1, 0.15) is 5.75 Å². The Hall–Kier alpha value is -2.69. The Kier molecular flexibility index (Phi) is 7.53. The lowest BCUT2D eigenvalue weighted by molar-refractivity contribution is -0.129. The minimum Gasteiger partial charge on any atom is -0.493 e. The van der Waals surface area contributed by atoms with Gasteiger partial charge >= 0.3 is 0 Å². The molecule has 2 atom stereocenters. The van der Waals surface area contributed by atoms with E-state index in [-0.39, 0.29) is 11.9 Å². The second kappa shape index (κ2) is 9.86. The van der Waals surface area contributed by atoms with Crippen LogP contribution in [0.25, 0.3) is 0 Å². The third kappa shape index (κ3) is 5.16. The van der Waals surface area contributed by atoms with Gasteiger partial charge in [-0.3, -0.25) is 4.79 Å². The molecule has 0 aliphatic rings. The highest BCUT2D eigenvalue weighted by Crippen LogP contribution is 2.31. The number of methoxy groups -OCH3 is 2. The first-order valence-corrected chi connectivity index (χ1v) is 9.28. The van der Waals surface area contributed by atoms with Crippen LogP contribution in [0.1, 0.15) is 43.9 Å². The van der Waals surface area contributed by atoms with Crippen molar-refractivity contribution in [2.75, 3.05) is 14.2 Å². The minimum absolute atomic E-state index is 0.123. The van der Waals surface area contributed by atoms with E-state index < -0.39 is 6.10 Å². The third-order valence-corrected chi connectivity index (χ3v) is 4.56. The van der Waals surface area contributed by atoms with E-state index in [4.69, 9.17) is 14.2 Å². The van der Waals surface area contributed by atoms with Crippen molar-refractivity contribution in [3.63, 3.8) is 0 Å². The lowest BCUT2D eigenvalue weighted by Gasteiger charge is -2.23. The zero-order valence-corrected chi connectivity index (χ0v) is 16.7. The lowest BCUT2D eigenvalue weighted by Crippen LogP contribution is -2.40. The Morgan fingerprint density at radius 1 is 0.963 bits per heavy atom. The highest BCUT2D eigenvalue weighted by molar-refractivity contribution is 5.81. The second-order valence-electron chi connectivity index (χ2n) is 6.36. The Bertz CT molecular complexity index is 760. The molecule has 0 aliphatic carbocycles. The fourth-order valence-corrected chi connectivity index (χ4v) is 2.92. The fourth-order valence-electron chi connectivity index (χ4n) is 2.92. The molecule has 146 valence electrons. The quantitative estimate of drug-likeness (QED) is 0.708. The summed E-state index contributed by atoms with van der Waals surface area (Å²) in [6.45, 7) is 5.95. The van der Waals surface area contributed by atoms with Gasteiger partial charge in [-0.15, -0.1) is 0 Å². The molecule has 5 nitrogen and oxygen atoms in total. The first-order chi connectivity index (χ1) is 13.0. The highest BCUT2D eigenvalue weighted by Gasteiger charge is 2.23. The topological polar surface area (TPSA) is 56.8 Å².